The number of rotatable bonds is 1. The van der Waals surface area contributed by atoms with Crippen molar-refractivity contribution in [1.82, 2.24) is 4.31 Å². The number of hydrogen-bond donors (Lipinski definition) is 1. The number of alkyl halides is 2. The second-order valence-electron chi connectivity index (χ2n) is 2.17. The van der Waals surface area contributed by atoms with Gasteiger partial charge in [-0.2, -0.15) is 12.7 Å². The van der Waals surface area contributed by atoms with Crippen LogP contribution in [-0.2, 0) is 10.2 Å². The SMILES string of the molecule is NS(=O)(=O)N1CC(F)(F)C1. The van der Waals surface area contributed by atoms with Crippen LogP contribution in [0.3, 0.4) is 0 Å². The van der Waals surface area contributed by atoms with Gasteiger partial charge in [-0.1, -0.05) is 0 Å². The van der Waals surface area contributed by atoms with E-state index < -0.39 is 29.2 Å². The van der Waals surface area contributed by atoms with Gasteiger partial charge in [0, 0.05) is 0 Å². The molecule has 0 spiro atoms. The second kappa shape index (κ2) is 1.86. The van der Waals surface area contributed by atoms with Gasteiger partial charge in [0.25, 0.3) is 16.1 Å². The van der Waals surface area contributed by atoms with Gasteiger partial charge < -0.3 is 0 Å². The van der Waals surface area contributed by atoms with Gasteiger partial charge in [0.05, 0.1) is 13.1 Å². The van der Waals surface area contributed by atoms with Crippen LogP contribution in [0.5, 0.6) is 0 Å². The van der Waals surface area contributed by atoms with Gasteiger partial charge in [-0.25, -0.2) is 13.9 Å². The number of nitrogens with zero attached hydrogens (tertiary/aromatic N) is 1. The molecule has 0 bridgehead atoms. The van der Waals surface area contributed by atoms with Gasteiger partial charge in [0.2, 0.25) is 0 Å². The first kappa shape index (κ1) is 7.83. The van der Waals surface area contributed by atoms with Crippen molar-refractivity contribution >= 4 is 10.2 Å². The first-order chi connectivity index (χ1) is 4.31. The van der Waals surface area contributed by atoms with E-state index in [9.17, 15) is 17.2 Å². The zero-order valence-corrected chi connectivity index (χ0v) is 5.74. The van der Waals surface area contributed by atoms with Crippen molar-refractivity contribution in [1.29, 1.82) is 0 Å². The Morgan fingerprint density at radius 2 is 1.80 bits per heavy atom. The molecule has 1 rings (SSSR count). The predicted octanol–water partition coefficient (Wildman–Crippen LogP) is -0.859. The van der Waals surface area contributed by atoms with Crippen LogP contribution >= 0.6 is 0 Å². The minimum absolute atomic E-state index is 0.521. The van der Waals surface area contributed by atoms with Crippen LogP contribution in [0, 0.1) is 0 Å². The lowest BCUT2D eigenvalue weighted by molar-refractivity contribution is -0.0945. The van der Waals surface area contributed by atoms with Crippen molar-refractivity contribution in [2.45, 2.75) is 5.92 Å². The molecule has 4 nitrogen and oxygen atoms in total. The van der Waals surface area contributed by atoms with Gasteiger partial charge in [-0.15, -0.1) is 0 Å². The molecule has 1 heterocycles. The summed E-state index contributed by atoms with van der Waals surface area (Å²) in [5.74, 6) is -2.88. The van der Waals surface area contributed by atoms with Gasteiger partial charge in [-0.05, 0) is 0 Å². The van der Waals surface area contributed by atoms with E-state index in [0.29, 0.717) is 4.31 Å². The summed E-state index contributed by atoms with van der Waals surface area (Å²) in [7, 11) is -3.88. The van der Waals surface area contributed by atoms with Crippen LogP contribution in [0.1, 0.15) is 0 Å². The molecule has 0 atom stereocenters. The summed E-state index contributed by atoms with van der Waals surface area (Å²) < 4.78 is 45.0. The van der Waals surface area contributed by atoms with Crippen LogP contribution in [0.25, 0.3) is 0 Å². The molecule has 1 aliphatic rings. The fourth-order valence-electron chi connectivity index (χ4n) is 0.650. The third kappa shape index (κ3) is 1.41. The molecule has 0 aromatic carbocycles. The first-order valence-electron chi connectivity index (χ1n) is 2.47. The Hall–Kier alpha value is -0.270. The van der Waals surface area contributed by atoms with E-state index in [1.54, 1.807) is 0 Å². The molecule has 0 radical (unpaired) electrons. The van der Waals surface area contributed by atoms with Crippen LogP contribution in [0.2, 0.25) is 0 Å². The highest BCUT2D eigenvalue weighted by Crippen LogP contribution is 2.27. The maximum atomic E-state index is 12.0. The Balaban J connectivity index is 2.57. The largest absolute Gasteiger partial charge is 0.277 e. The van der Waals surface area contributed by atoms with Crippen LogP contribution in [0.4, 0.5) is 8.78 Å². The highest BCUT2D eigenvalue weighted by Gasteiger charge is 2.48. The van der Waals surface area contributed by atoms with Crippen LogP contribution < -0.4 is 5.14 Å². The Kier molecular flexibility index (Phi) is 1.46. The van der Waals surface area contributed by atoms with Gasteiger partial charge >= 0.3 is 0 Å². The Morgan fingerprint density at radius 3 is 1.90 bits per heavy atom. The van der Waals surface area contributed by atoms with E-state index in [-0.39, 0.29) is 0 Å². The highest BCUT2D eigenvalue weighted by molar-refractivity contribution is 7.86. The molecule has 0 unspecified atom stereocenters. The molecule has 2 N–H and O–H groups in total. The van der Waals surface area contributed by atoms with Crippen LogP contribution in [0.15, 0.2) is 0 Å². The molecule has 60 valence electrons. The average molecular weight is 172 g/mol. The number of nitrogens with two attached hydrogens (primary N) is 1. The molecule has 1 aliphatic heterocycles. The van der Waals surface area contributed by atoms with E-state index >= 15 is 0 Å². The fourth-order valence-corrected chi connectivity index (χ4v) is 1.39. The summed E-state index contributed by atoms with van der Waals surface area (Å²) >= 11 is 0. The highest BCUT2D eigenvalue weighted by atomic mass is 32.2. The van der Waals surface area contributed by atoms with Crippen molar-refractivity contribution in [3.8, 4) is 0 Å². The lowest BCUT2D eigenvalue weighted by atomic mass is 10.2. The Morgan fingerprint density at radius 1 is 1.40 bits per heavy atom. The molecule has 1 fully saturated rings. The molecule has 0 aliphatic carbocycles. The second-order valence-corrected chi connectivity index (χ2v) is 3.72. The van der Waals surface area contributed by atoms with E-state index in [1.165, 1.54) is 0 Å². The third-order valence-corrected chi connectivity index (χ3v) is 2.15. The molecule has 0 aromatic heterocycles. The molecule has 7 heteroatoms. The number of halogens is 2. The topological polar surface area (TPSA) is 63.4 Å². The smallest absolute Gasteiger partial charge is 0.216 e. The lowest BCUT2D eigenvalue weighted by Crippen LogP contribution is -2.59. The monoisotopic (exact) mass is 172 g/mol. The molecule has 0 saturated carbocycles. The third-order valence-electron chi connectivity index (χ3n) is 1.18. The van der Waals surface area contributed by atoms with Crippen molar-refractivity contribution in [3.63, 3.8) is 0 Å². The zero-order valence-electron chi connectivity index (χ0n) is 4.92. The summed E-state index contributed by atoms with van der Waals surface area (Å²) in [6.45, 7) is -1.57. The van der Waals surface area contributed by atoms with E-state index in [1.807, 2.05) is 0 Å². The van der Waals surface area contributed by atoms with Gasteiger partial charge in [0.1, 0.15) is 0 Å². The van der Waals surface area contributed by atoms with Gasteiger partial charge in [-0.3, -0.25) is 0 Å². The minimum atomic E-state index is -3.88. The zero-order chi connectivity index (χ0) is 7.99. The first-order valence-corrected chi connectivity index (χ1v) is 3.97. The van der Waals surface area contributed by atoms with E-state index in [2.05, 4.69) is 5.14 Å². The molecule has 0 aromatic rings. The molecular weight excluding hydrogens is 166 g/mol. The minimum Gasteiger partial charge on any atom is -0.216 e. The summed E-state index contributed by atoms with van der Waals surface area (Å²) in [5.41, 5.74) is 0. The average Bonchev–Trinajstić information content (AvgIpc) is 1.56. The van der Waals surface area contributed by atoms with E-state index in [4.69, 9.17) is 0 Å². The maximum Gasteiger partial charge on any atom is 0.277 e. The summed E-state index contributed by atoms with van der Waals surface area (Å²) in [4.78, 5) is 0. The van der Waals surface area contributed by atoms with Crippen molar-refractivity contribution < 1.29 is 17.2 Å². The maximum absolute atomic E-state index is 12.0. The Labute approximate surface area is 56.8 Å². The lowest BCUT2D eigenvalue weighted by Gasteiger charge is -2.35. The van der Waals surface area contributed by atoms with Crippen LogP contribution in [-0.4, -0.2) is 31.7 Å². The quantitative estimate of drug-likeness (QED) is 0.559. The fraction of sp³-hybridized carbons (Fsp3) is 1.00. The standard InChI is InChI=1S/C3H6F2N2O2S/c4-3(5)1-7(2-3)10(6,8)9/h1-2H2,(H2,6,8,9). The molecule has 1 saturated heterocycles. The van der Waals surface area contributed by atoms with Crippen molar-refractivity contribution in [2.24, 2.45) is 5.14 Å². The molecular formula is C3H6F2N2O2S. The summed E-state index contributed by atoms with van der Waals surface area (Å²) in [5, 5.41) is 4.53. The van der Waals surface area contributed by atoms with Crippen molar-refractivity contribution in [3.05, 3.63) is 0 Å². The summed E-state index contributed by atoms with van der Waals surface area (Å²) in [6, 6.07) is 0. The molecule has 0 amide bonds. The van der Waals surface area contributed by atoms with Crippen molar-refractivity contribution in [2.75, 3.05) is 13.1 Å². The predicted molar refractivity (Wildman–Crippen MR) is 29.6 cm³/mol. The van der Waals surface area contributed by atoms with Gasteiger partial charge in [0.15, 0.2) is 0 Å². The summed E-state index contributed by atoms with van der Waals surface area (Å²) in [6.07, 6.45) is 0. The molecule has 10 heavy (non-hydrogen) atoms. The number of hydrogen-bond acceptors (Lipinski definition) is 2. The Bertz CT molecular complexity index is 229. The normalized spacial score (nSPS) is 25.9. The van der Waals surface area contributed by atoms with E-state index in [0.717, 1.165) is 0 Å².